The summed E-state index contributed by atoms with van der Waals surface area (Å²) in [7, 11) is 1.71. The van der Waals surface area contributed by atoms with Crippen molar-refractivity contribution in [2.24, 2.45) is 0 Å². The van der Waals surface area contributed by atoms with Crippen LogP contribution in [0, 0.1) is 13.8 Å². The Morgan fingerprint density at radius 3 is 2.82 bits per heavy atom. The predicted molar refractivity (Wildman–Crippen MR) is 88.7 cm³/mol. The number of aryl methyl sites for hydroxylation is 1. The molecule has 2 aromatic rings. The summed E-state index contributed by atoms with van der Waals surface area (Å²) < 4.78 is 7.38. The summed E-state index contributed by atoms with van der Waals surface area (Å²) in [5, 5.41) is 2.91. The lowest BCUT2D eigenvalue weighted by molar-refractivity contribution is -0.110. The molecule has 0 saturated heterocycles. The number of hydrogen-bond acceptors (Lipinski definition) is 2. The molecule has 4 nitrogen and oxygen atoms in total. The Balaban J connectivity index is 2.01. The van der Waals surface area contributed by atoms with Crippen LogP contribution in [0.3, 0.4) is 0 Å². The number of nitrogens with zero attached hydrogens (tertiary/aromatic N) is 1. The molecule has 0 unspecified atom stereocenters. The molecule has 0 aliphatic carbocycles. The molecular weight excluding hydrogens is 276 g/mol. The number of carbonyl (C=O) groups is 1. The molecule has 0 spiro atoms. The number of carbonyl (C=O) groups excluding carboxylic acids is 1. The van der Waals surface area contributed by atoms with Crippen LogP contribution >= 0.6 is 0 Å². The Labute approximate surface area is 130 Å². The van der Waals surface area contributed by atoms with Crippen LogP contribution in [0.5, 0.6) is 0 Å². The molecule has 0 fully saturated rings. The first-order chi connectivity index (χ1) is 10.6. The van der Waals surface area contributed by atoms with Crippen LogP contribution < -0.4 is 5.32 Å². The van der Waals surface area contributed by atoms with Gasteiger partial charge in [-0.1, -0.05) is 18.2 Å². The van der Waals surface area contributed by atoms with Gasteiger partial charge in [0.2, 0.25) is 0 Å². The van der Waals surface area contributed by atoms with Crippen LogP contribution in [0.2, 0.25) is 0 Å². The number of anilines is 1. The van der Waals surface area contributed by atoms with E-state index >= 15 is 0 Å². The van der Waals surface area contributed by atoms with Gasteiger partial charge in [0.1, 0.15) is 0 Å². The maximum absolute atomic E-state index is 12.2. The lowest BCUT2D eigenvalue weighted by Gasteiger charge is -2.08. The first kappa shape index (κ1) is 14.6. The fraction of sp³-hybridized carbons (Fsp3) is 0.278. The topological polar surface area (TPSA) is 43.3 Å². The third-order valence-electron chi connectivity index (χ3n) is 4.14. The van der Waals surface area contributed by atoms with Crippen LogP contribution in [-0.4, -0.2) is 24.2 Å². The fourth-order valence-electron chi connectivity index (χ4n) is 2.94. The van der Waals surface area contributed by atoms with Gasteiger partial charge in [0, 0.05) is 41.9 Å². The number of amides is 1. The Bertz CT molecular complexity index is 756. The maximum Gasteiger partial charge on any atom is 0.256 e. The quantitative estimate of drug-likeness (QED) is 0.880. The van der Waals surface area contributed by atoms with Gasteiger partial charge in [-0.3, -0.25) is 4.79 Å². The number of nitrogens with one attached hydrogen (secondary N) is 1. The number of rotatable bonds is 4. The van der Waals surface area contributed by atoms with Gasteiger partial charge in [-0.15, -0.1) is 0 Å². The summed E-state index contributed by atoms with van der Waals surface area (Å²) in [6.45, 7) is 5.65. The molecule has 3 rings (SSSR count). The predicted octanol–water partition coefficient (Wildman–Crippen LogP) is 3.24. The monoisotopic (exact) mass is 296 g/mol. The van der Waals surface area contributed by atoms with Gasteiger partial charge in [0.25, 0.3) is 5.91 Å². The van der Waals surface area contributed by atoms with Gasteiger partial charge in [0.15, 0.2) is 0 Å². The highest BCUT2D eigenvalue weighted by atomic mass is 16.5. The average molecular weight is 296 g/mol. The number of fused-ring (bicyclic) bond motifs is 1. The fourth-order valence-corrected chi connectivity index (χ4v) is 2.94. The minimum absolute atomic E-state index is 0.0390. The molecule has 1 aliphatic heterocycles. The van der Waals surface area contributed by atoms with Crippen LogP contribution in [-0.2, 0) is 16.1 Å². The van der Waals surface area contributed by atoms with Crippen molar-refractivity contribution in [3.63, 3.8) is 0 Å². The van der Waals surface area contributed by atoms with E-state index in [1.807, 2.05) is 30.3 Å². The third kappa shape index (κ3) is 2.46. The lowest BCUT2D eigenvalue weighted by Crippen LogP contribution is -2.07. The van der Waals surface area contributed by atoms with Crippen molar-refractivity contribution in [2.45, 2.75) is 20.4 Å². The average Bonchev–Trinajstić information content (AvgIpc) is 2.96. The second-order valence-corrected chi connectivity index (χ2v) is 5.53. The SMILES string of the molecule is COCCn1c(C)cc(/C=C2/C(=O)Nc3ccccc32)c1C. The second kappa shape index (κ2) is 5.81. The zero-order chi connectivity index (χ0) is 15.7. The van der Waals surface area contributed by atoms with Gasteiger partial charge in [-0.2, -0.15) is 0 Å². The highest BCUT2D eigenvalue weighted by Gasteiger charge is 2.23. The van der Waals surface area contributed by atoms with Crippen molar-refractivity contribution in [1.29, 1.82) is 0 Å². The van der Waals surface area contributed by atoms with Crippen LogP contribution in [0.4, 0.5) is 5.69 Å². The van der Waals surface area contributed by atoms with Crippen molar-refractivity contribution in [3.8, 4) is 0 Å². The van der Waals surface area contributed by atoms with E-state index in [1.165, 1.54) is 5.69 Å². The minimum atomic E-state index is -0.0390. The molecule has 0 saturated carbocycles. The van der Waals surface area contributed by atoms with E-state index in [1.54, 1.807) is 7.11 Å². The van der Waals surface area contributed by atoms with E-state index in [-0.39, 0.29) is 5.91 Å². The normalized spacial score (nSPS) is 15.2. The van der Waals surface area contributed by atoms with E-state index in [0.717, 1.165) is 34.6 Å². The second-order valence-electron chi connectivity index (χ2n) is 5.53. The highest BCUT2D eigenvalue weighted by Crippen LogP contribution is 2.33. The molecule has 1 aromatic carbocycles. The first-order valence-electron chi connectivity index (χ1n) is 7.40. The molecule has 1 aromatic heterocycles. The molecule has 2 heterocycles. The molecule has 0 bridgehead atoms. The number of hydrogen-bond donors (Lipinski definition) is 1. The Kier molecular flexibility index (Phi) is 3.86. The lowest BCUT2D eigenvalue weighted by atomic mass is 10.0. The number of methoxy groups -OCH3 is 1. The molecule has 1 amide bonds. The summed E-state index contributed by atoms with van der Waals surface area (Å²) >= 11 is 0. The van der Waals surface area contributed by atoms with Gasteiger partial charge in [-0.25, -0.2) is 0 Å². The molecule has 22 heavy (non-hydrogen) atoms. The van der Waals surface area contributed by atoms with Crippen molar-refractivity contribution in [1.82, 2.24) is 4.57 Å². The van der Waals surface area contributed by atoms with E-state index in [9.17, 15) is 4.79 Å². The largest absolute Gasteiger partial charge is 0.383 e. The van der Waals surface area contributed by atoms with Crippen LogP contribution in [0.15, 0.2) is 30.3 Å². The molecule has 0 radical (unpaired) electrons. The zero-order valence-corrected chi connectivity index (χ0v) is 13.1. The van der Waals surface area contributed by atoms with E-state index in [2.05, 4.69) is 29.8 Å². The molecule has 1 N–H and O–H groups in total. The summed E-state index contributed by atoms with van der Waals surface area (Å²) in [4.78, 5) is 12.2. The maximum atomic E-state index is 12.2. The number of para-hydroxylation sites is 1. The minimum Gasteiger partial charge on any atom is -0.383 e. The summed E-state index contributed by atoms with van der Waals surface area (Å²) in [6, 6.07) is 9.90. The zero-order valence-electron chi connectivity index (χ0n) is 13.1. The van der Waals surface area contributed by atoms with Crippen molar-refractivity contribution in [3.05, 3.63) is 52.8 Å². The van der Waals surface area contributed by atoms with Gasteiger partial charge >= 0.3 is 0 Å². The smallest absolute Gasteiger partial charge is 0.256 e. The van der Waals surface area contributed by atoms with E-state index in [4.69, 9.17) is 4.74 Å². The summed E-state index contributed by atoms with van der Waals surface area (Å²) in [5.41, 5.74) is 5.98. The molecular formula is C18H20N2O2. The number of benzene rings is 1. The van der Waals surface area contributed by atoms with Crippen molar-refractivity contribution >= 4 is 23.2 Å². The molecule has 114 valence electrons. The summed E-state index contributed by atoms with van der Waals surface area (Å²) in [5.74, 6) is -0.0390. The van der Waals surface area contributed by atoms with Gasteiger partial charge in [-0.05, 0) is 37.6 Å². The van der Waals surface area contributed by atoms with Gasteiger partial charge < -0.3 is 14.6 Å². The summed E-state index contributed by atoms with van der Waals surface area (Å²) in [6.07, 6.45) is 1.98. The first-order valence-corrected chi connectivity index (χ1v) is 7.40. The van der Waals surface area contributed by atoms with Gasteiger partial charge in [0.05, 0.1) is 6.61 Å². The Morgan fingerprint density at radius 2 is 2.05 bits per heavy atom. The molecule has 0 atom stereocenters. The van der Waals surface area contributed by atoms with E-state index in [0.29, 0.717) is 6.61 Å². The standard InChI is InChI=1S/C18H20N2O2/c1-12-10-14(13(2)20(12)8-9-22-3)11-16-15-6-4-5-7-17(15)19-18(16)21/h4-7,10-11H,8-9H2,1-3H3,(H,19,21)/b16-11+. The molecule has 1 aliphatic rings. The Hall–Kier alpha value is -2.33. The van der Waals surface area contributed by atoms with Crippen molar-refractivity contribution < 1.29 is 9.53 Å². The highest BCUT2D eigenvalue weighted by molar-refractivity contribution is 6.34. The van der Waals surface area contributed by atoms with E-state index < -0.39 is 0 Å². The Morgan fingerprint density at radius 1 is 1.27 bits per heavy atom. The molecule has 4 heteroatoms. The third-order valence-corrected chi connectivity index (χ3v) is 4.14. The number of aromatic nitrogens is 1. The van der Waals surface area contributed by atoms with Crippen molar-refractivity contribution in [2.75, 3.05) is 19.0 Å². The van der Waals surface area contributed by atoms with Crippen LogP contribution in [0.25, 0.3) is 11.6 Å². The van der Waals surface area contributed by atoms with Crippen LogP contribution in [0.1, 0.15) is 22.5 Å². The number of ether oxygens (including phenoxy) is 1.